The average Bonchev–Trinajstić information content (AvgIpc) is 3.10. The van der Waals surface area contributed by atoms with Crippen molar-refractivity contribution in [3.05, 3.63) is 63.1 Å². The number of ketones is 1. The van der Waals surface area contributed by atoms with Gasteiger partial charge in [-0.1, -0.05) is 35.3 Å². The molecular weight excluding hydrogens is 395 g/mol. The summed E-state index contributed by atoms with van der Waals surface area (Å²) in [7, 11) is 0. The predicted molar refractivity (Wildman–Crippen MR) is 98.1 cm³/mol. The summed E-state index contributed by atoms with van der Waals surface area (Å²) < 4.78 is 15.2. The molecule has 138 valence electrons. The van der Waals surface area contributed by atoms with E-state index in [-0.39, 0.29) is 28.0 Å². The summed E-state index contributed by atoms with van der Waals surface area (Å²) >= 11 is 12.0. The molecule has 0 saturated carbocycles. The topological polar surface area (TPSA) is 78.9 Å². The molecular formula is C19H12Cl2O6. The zero-order chi connectivity index (χ0) is 19.6. The molecule has 8 heteroatoms. The lowest BCUT2D eigenvalue weighted by Crippen LogP contribution is -2.18. The fourth-order valence-corrected chi connectivity index (χ4v) is 2.68. The van der Waals surface area contributed by atoms with Gasteiger partial charge in [0.25, 0.3) is 0 Å². The Morgan fingerprint density at radius 3 is 2.56 bits per heavy atom. The zero-order valence-corrected chi connectivity index (χ0v) is 15.5. The second-order valence-corrected chi connectivity index (χ2v) is 6.29. The Hall–Kier alpha value is -2.83. The van der Waals surface area contributed by atoms with Gasteiger partial charge < -0.3 is 14.2 Å². The summed E-state index contributed by atoms with van der Waals surface area (Å²) in [4.78, 5) is 36.4. The number of Topliss-reactive ketones (excluding diaryl/α,β-unsaturated/α-hetero) is 1. The third kappa shape index (κ3) is 4.13. The monoisotopic (exact) mass is 406 g/mol. The van der Waals surface area contributed by atoms with Gasteiger partial charge in [0, 0.05) is 0 Å². The molecule has 0 bridgehead atoms. The molecule has 0 fully saturated rings. The van der Waals surface area contributed by atoms with Crippen molar-refractivity contribution in [1.82, 2.24) is 0 Å². The number of ether oxygens (including phenoxy) is 3. The Labute approximate surface area is 164 Å². The molecule has 0 aliphatic carbocycles. The van der Waals surface area contributed by atoms with E-state index in [9.17, 15) is 14.4 Å². The van der Waals surface area contributed by atoms with Crippen molar-refractivity contribution in [1.29, 1.82) is 0 Å². The molecule has 0 atom stereocenters. The van der Waals surface area contributed by atoms with E-state index < -0.39 is 17.7 Å². The van der Waals surface area contributed by atoms with Crippen molar-refractivity contribution in [2.75, 3.05) is 6.79 Å². The van der Waals surface area contributed by atoms with Gasteiger partial charge in [0.15, 0.2) is 17.3 Å². The van der Waals surface area contributed by atoms with Gasteiger partial charge >= 0.3 is 11.9 Å². The zero-order valence-electron chi connectivity index (χ0n) is 14.0. The number of rotatable bonds is 4. The van der Waals surface area contributed by atoms with Crippen LogP contribution in [0.1, 0.15) is 22.8 Å². The van der Waals surface area contributed by atoms with E-state index >= 15 is 0 Å². The number of halogens is 2. The number of carbonyl (C=O) groups is 3. The van der Waals surface area contributed by atoms with Gasteiger partial charge in [-0.2, -0.15) is 0 Å². The molecule has 0 N–H and O–H groups in total. The Bertz CT molecular complexity index is 980. The lowest BCUT2D eigenvalue weighted by Gasteiger charge is -2.07. The van der Waals surface area contributed by atoms with Crippen LogP contribution in [0.3, 0.4) is 0 Å². The summed E-state index contributed by atoms with van der Waals surface area (Å²) in [6.45, 7) is 1.22. The van der Waals surface area contributed by atoms with E-state index in [4.69, 9.17) is 37.4 Å². The molecule has 0 aromatic heterocycles. The molecule has 0 radical (unpaired) electrons. The van der Waals surface area contributed by atoms with Crippen LogP contribution in [-0.2, 0) is 14.3 Å². The number of carbonyl (C=O) groups excluding carboxylic acids is 3. The summed E-state index contributed by atoms with van der Waals surface area (Å²) in [5, 5.41) is 0.436. The first kappa shape index (κ1) is 18.9. The summed E-state index contributed by atoms with van der Waals surface area (Å²) in [5.41, 5.74) is 0.0893. The van der Waals surface area contributed by atoms with Crippen LogP contribution in [0.2, 0.25) is 10.0 Å². The van der Waals surface area contributed by atoms with E-state index in [1.54, 1.807) is 18.2 Å². The molecule has 1 aliphatic heterocycles. The van der Waals surface area contributed by atoms with Crippen molar-refractivity contribution in [3.63, 3.8) is 0 Å². The Balaban J connectivity index is 1.83. The summed E-state index contributed by atoms with van der Waals surface area (Å²) in [5.74, 6) is -1.76. The van der Waals surface area contributed by atoms with E-state index in [0.29, 0.717) is 17.1 Å². The van der Waals surface area contributed by atoms with Gasteiger partial charge in [-0.25, -0.2) is 9.59 Å². The fourth-order valence-electron chi connectivity index (χ4n) is 2.31. The first-order valence-electron chi connectivity index (χ1n) is 7.69. The molecule has 0 saturated heterocycles. The summed E-state index contributed by atoms with van der Waals surface area (Å²) in [6, 6.07) is 9.09. The molecule has 6 nitrogen and oxygen atoms in total. The van der Waals surface area contributed by atoms with Gasteiger partial charge in [-0.3, -0.25) is 4.79 Å². The third-order valence-corrected chi connectivity index (χ3v) is 4.51. The van der Waals surface area contributed by atoms with Crippen LogP contribution in [0.15, 0.2) is 42.0 Å². The average molecular weight is 407 g/mol. The third-order valence-electron chi connectivity index (χ3n) is 3.67. The van der Waals surface area contributed by atoms with Gasteiger partial charge in [-0.05, 0) is 42.8 Å². The molecule has 1 heterocycles. The van der Waals surface area contributed by atoms with Crippen LogP contribution in [0.4, 0.5) is 0 Å². The van der Waals surface area contributed by atoms with Crippen LogP contribution in [-0.4, -0.2) is 24.5 Å². The minimum Gasteiger partial charge on any atom is -0.454 e. The van der Waals surface area contributed by atoms with Crippen LogP contribution in [0.5, 0.6) is 11.5 Å². The Kier molecular flexibility index (Phi) is 5.48. The highest BCUT2D eigenvalue weighted by atomic mass is 35.5. The highest BCUT2D eigenvalue weighted by Crippen LogP contribution is 2.33. The Morgan fingerprint density at radius 2 is 1.81 bits per heavy atom. The SMILES string of the molecule is CC(=O)/C(=C\c1cccc(Cl)c1Cl)C(=O)OC(=O)c1ccc2c(c1)OCO2. The van der Waals surface area contributed by atoms with Crippen LogP contribution < -0.4 is 9.47 Å². The molecule has 2 aromatic carbocycles. The fraction of sp³-hybridized carbons (Fsp3) is 0.105. The number of esters is 2. The number of benzene rings is 2. The maximum Gasteiger partial charge on any atom is 0.349 e. The lowest BCUT2D eigenvalue weighted by atomic mass is 10.1. The van der Waals surface area contributed by atoms with Crippen LogP contribution in [0, 0.1) is 0 Å². The molecule has 0 spiro atoms. The maximum absolute atomic E-state index is 12.3. The van der Waals surface area contributed by atoms with Crippen molar-refractivity contribution >= 4 is 47.0 Å². The van der Waals surface area contributed by atoms with E-state index in [1.165, 1.54) is 31.2 Å². The smallest absolute Gasteiger partial charge is 0.349 e. The van der Waals surface area contributed by atoms with E-state index in [1.807, 2.05) is 0 Å². The normalized spacial score (nSPS) is 12.6. The minimum absolute atomic E-state index is 0.0460. The number of fused-ring (bicyclic) bond motifs is 1. The van der Waals surface area contributed by atoms with Crippen LogP contribution >= 0.6 is 23.2 Å². The van der Waals surface area contributed by atoms with Crippen LogP contribution in [0.25, 0.3) is 6.08 Å². The predicted octanol–water partition coefficient (Wildman–Crippen LogP) is 4.08. The first-order chi connectivity index (χ1) is 12.9. The second-order valence-electron chi connectivity index (χ2n) is 5.50. The highest BCUT2D eigenvalue weighted by Gasteiger charge is 2.23. The highest BCUT2D eigenvalue weighted by molar-refractivity contribution is 6.43. The van der Waals surface area contributed by atoms with Crippen molar-refractivity contribution in [3.8, 4) is 11.5 Å². The maximum atomic E-state index is 12.3. The molecule has 1 aliphatic rings. The van der Waals surface area contributed by atoms with Gasteiger partial charge in [0.2, 0.25) is 6.79 Å². The number of hydrogen-bond donors (Lipinski definition) is 0. The van der Waals surface area contributed by atoms with Crippen molar-refractivity contribution < 1.29 is 28.6 Å². The Morgan fingerprint density at radius 1 is 1.07 bits per heavy atom. The van der Waals surface area contributed by atoms with E-state index in [2.05, 4.69) is 0 Å². The lowest BCUT2D eigenvalue weighted by molar-refractivity contribution is -0.135. The van der Waals surface area contributed by atoms with Gasteiger partial charge in [-0.15, -0.1) is 0 Å². The van der Waals surface area contributed by atoms with Gasteiger partial charge in [0.1, 0.15) is 5.57 Å². The molecule has 0 unspecified atom stereocenters. The standard InChI is InChI=1S/C19H12Cl2O6/c1-10(22)13(7-11-3-2-4-14(20)17(11)21)19(24)27-18(23)12-5-6-15-16(8-12)26-9-25-15/h2-8H,9H2,1H3/b13-7+. The van der Waals surface area contributed by atoms with Crippen molar-refractivity contribution in [2.45, 2.75) is 6.92 Å². The van der Waals surface area contributed by atoms with Gasteiger partial charge in [0.05, 0.1) is 15.6 Å². The second kappa shape index (κ2) is 7.82. The minimum atomic E-state index is -1.10. The quantitative estimate of drug-likeness (QED) is 0.329. The summed E-state index contributed by atoms with van der Waals surface area (Å²) in [6.07, 6.45) is 1.23. The van der Waals surface area contributed by atoms with Crippen molar-refractivity contribution in [2.24, 2.45) is 0 Å². The molecule has 3 rings (SSSR count). The van der Waals surface area contributed by atoms with E-state index in [0.717, 1.165) is 0 Å². The molecule has 2 aromatic rings. The largest absolute Gasteiger partial charge is 0.454 e. The number of hydrogen-bond acceptors (Lipinski definition) is 6. The molecule has 27 heavy (non-hydrogen) atoms. The molecule has 0 amide bonds. The first-order valence-corrected chi connectivity index (χ1v) is 8.45.